The Kier molecular flexibility index (Phi) is 3.15. The predicted octanol–water partition coefficient (Wildman–Crippen LogP) is 2.56. The van der Waals surface area contributed by atoms with Crippen molar-refractivity contribution in [2.45, 2.75) is 25.9 Å². The number of fused-ring (bicyclic) bond motifs is 1. The summed E-state index contributed by atoms with van der Waals surface area (Å²) in [6.45, 7) is 4.20. The highest BCUT2D eigenvalue weighted by molar-refractivity contribution is 6.33. The molecule has 2 aliphatic rings. The molecule has 0 saturated carbocycles. The first-order chi connectivity index (χ1) is 9.06. The lowest BCUT2D eigenvalue weighted by Crippen LogP contribution is -2.34. The standard InChI is InChI=1S/C14H17ClN2O2/c1-8-3-2-4-17(7-8)12-6-11-9(5-10(12)15)13(18)14(19)16-11/h5-6,8,13,18H,2-4,7H2,1H3,(H,16,19). The smallest absolute Gasteiger partial charge is 0.257 e. The number of carbonyl (C=O) groups is 1. The number of benzene rings is 1. The third kappa shape index (κ3) is 2.19. The number of aliphatic hydroxyl groups is 1. The molecule has 1 fully saturated rings. The minimum absolute atomic E-state index is 0.379. The van der Waals surface area contributed by atoms with Crippen LogP contribution in [0.2, 0.25) is 5.02 Å². The molecule has 5 heteroatoms. The van der Waals surface area contributed by atoms with E-state index in [9.17, 15) is 9.90 Å². The van der Waals surface area contributed by atoms with Crippen LogP contribution in [0.4, 0.5) is 11.4 Å². The Morgan fingerprint density at radius 1 is 1.47 bits per heavy atom. The van der Waals surface area contributed by atoms with Gasteiger partial charge in [0.2, 0.25) is 0 Å². The molecule has 1 aromatic carbocycles. The summed E-state index contributed by atoms with van der Waals surface area (Å²) in [5.41, 5.74) is 2.19. The fourth-order valence-electron chi connectivity index (χ4n) is 2.90. The molecule has 0 spiro atoms. The fourth-order valence-corrected chi connectivity index (χ4v) is 3.20. The third-order valence-electron chi connectivity index (χ3n) is 3.92. The van der Waals surface area contributed by atoms with E-state index in [1.807, 2.05) is 6.07 Å². The van der Waals surface area contributed by atoms with Crippen LogP contribution in [0.25, 0.3) is 0 Å². The van der Waals surface area contributed by atoms with E-state index in [0.717, 1.165) is 25.2 Å². The Bertz CT molecular complexity index is 532. The van der Waals surface area contributed by atoms with Crippen molar-refractivity contribution in [1.29, 1.82) is 0 Å². The van der Waals surface area contributed by atoms with E-state index in [1.165, 1.54) is 6.42 Å². The molecule has 2 atom stereocenters. The molecule has 2 N–H and O–H groups in total. The summed E-state index contributed by atoms with van der Waals surface area (Å²) in [6, 6.07) is 3.58. The number of piperidine rings is 1. The molecular formula is C14H17ClN2O2. The molecule has 0 bridgehead atoms. The van der Waals surface area contributed by atoms with Gasteiger partial charge in [0.25, 0.3) is 5.91 Å². The Morgan fingerprint density at radius 3 is 3.00 bits per heavy atom. The topological polar surface area (TPSA) is 52.6 Å². The van der Waals surface area contributed by atoms with E-state index in [0.29, 0.717) is 22.2 Å². The zero-order valence-corrected chi connectivity index (χ0v) is 11.6. The van der Waals surface area contributed by atoms with E-state index in [4.69, 9.17) is 11.6 Å². The maximum absolute atomic E-state index is 11.5. The monoisotopic (exact) mass is 280 g/mol. The number of anilines is 2. The van der Waals surface area contributed by atoms with E-state index in [1.54, 1.807) is 6.07 Å². The van der Waals surface area contributed by atoms with Crippen LogP contribution >= 0.6 is 11.6 Å². The lowest BCUT2D eigenvalue weighted by atomic mass is 9.99. The molecule has 0 radical (unpaired) electrons. The number of amides is 1. The molecule has 2 aliphatic heterocycles. The fraction of sp³-hybridized carbons (Fsp3) is 0.500. The second-order valence-electron chi connectivity index (χ2n) is 5.48. The van der Waals surface area contributed by atoms with Crippen LogP contribution in [0.5, 0.6) is 0 Å². The van der Waals surface area contributed by atoms with Gasteiger partial charge >= 0.3 is 0 Å². The zero-order valence-electron chi connectivity index (χ0n) is 10.8. The first-order valence-corrected chi connectivity index (χ1v) is 7.01. The second kappa shape index (κ2) is 4.69. The molecule has 1 saturated heterocycles. The molecule has 1 amide bonds. The van der Waals surface area contributed by atoms with Gasteiger partial charge in [-0.3, -0.25) is 4.79 Å². The number of carbonyl (C=O) groups excluding carboxylic acids is 1. The van der Waals surface area contributed by atoms with Gasteiger partial charge in [0.05, 0.1) is 10.7 Å². The van der Waals surface area contributed by atoms with E-state index >= 15 is 0 Å². The molecule has 4 nitrogen and oxygen atoms in total. The van der Waals surface area contributed by atoms with Crippen LogP contribution in [0.15, 0.2) is 12.1 Å². The first kappa shape index (κ1) is 12.8. The highest BCUT2D eigenvalue weighted by atomic mass is 35.5. The number of nitrogens with zero attached hydrogens (tertiary/aromatic N) is 1. The molecule has 0 aromatic heterocycles. The number of halogens is 1. The van der Waals surface area contributed by atoms with Crippen LogP contribution in [0.1, 0.15) is 31.4 Å². The molecular weight excluding hydrogens is 264 g/mol. The van der Waals surface area contributed by atoms with Gasteiger partial charge in [-0.25, -0.2) is 0 Å². The summed E-state index contributed by atoms with van der Waals surface area (Å²) in [7, 11) is 0. The molecule has 0 aliphatic carbocycles. The SMILES string of the molecule is CC1CCCN(c2cc3c(cc2Cl)C(O)C(=O)N3)C1. The normalized spacial score (nSPS) is 26.3. The molecule has 1 aromatic rings. The summed E-state index contributed by atoms with van der Waals surface area (Å²) in [6.07, 6.45) is 1.31. The van der Waals surface area contributed by atoms with Gasteiger partial charge in [-0.15, -0.1) is 0 Å². The summed E-state index contributed by atoms with van der Waals surface area (Å²) in [5.74, 6) is 0.272. The van der Waals surface area contributed by atoms with Crippen molar-refractivity contribution in [3.05, 3.63) is 22.7 Å². The van der Waals surface area contributed by atoms with E-state index < -0.39 is 6.10 Å². The summed E-state index contributed by atoms with van der Waals surface area (Å²) in [4.78, 5) is 13.7. The van der Waals surface area contributed by atoms with Crippen molar-refractivity contribution < 1.29 is 9.90 Å². The lowest BCUT2D eigenvalue weighted by Gasteiger charge is -2.33. The highest BCUT2D eigenvalue weighted by Gasteiger charge is 2.30. The van der Waals surface area contributed by atoms with Gasteiger partial charge in [-0.05, 0) is 30.9 Å². The van der Waals surface area contributed by atoms with Crippen molar-refractivity contribution in [2.75, 3.05) is 23.3 Å². The molecule has 102 valence electrons. The molecule has 2 heterocycles. The molecule has 19 heavy (non-hydrogen) atoms. The van der Waals surface area contributed by atoms with Crippen LogP contribution in [0, 0.1) is 5.92 Å². The van der Waals surface area contributed by atoms with E-state index in [-0.39, 0.29) is 5.91 Å². The summed E-state index contributed by atoms with van der Waals surface area (Å²) in [5, 5.41) is 13.0. The van der Waals surface area contributed by atoms with E-state index in [2.05, 4.69) is 17.1 Å². The van der Waals surface area contributed by atoms with Crippen molar-refractivity contribution >= 4 is 28.9 Å². The predicted molar refractivity (Wildman–Crippen MR) is 75.7 cm³/mol. The number of hydrogen-bond donors (Lipinski definition) is 2. The number of hydrogen-bond acceptors (Lipinski definition) is 3. The minimum Gasteiger partial charge on any atom is -0.378 e. The average Bonchev–Trinajstić information content (AvgIpc) is 2.65. The Labute approximate surface area is 117 Å². The third-order valence-corrected chi connectivity index (χ3v) is 4.22. The van der Waals surface area contributed by atoms with Crippen molar-refractivity contribution in [2.24, 2.45) is 5.92 Å². The molecule has 3 rings (SSSR count). The first-order valence-electron chi connectivity index (χ1n) is 6.63. The lowest BCUT2D eigenvalue weighted by molar-refractivity contribution is -0.123. The van der Waals surface area contributed by atoms with Crippen molar-refractivity contribution in [3.63, 3.8) is 0 Å². The number of rotatable bonds is 1. The van der Waals surface area contributed by atoms with Crippen LogP contribution in [-0.4, -0.2) is 24.1 Å². The van der Waals surface area contributed by atoms with Gasteiger partial charge in [-0.1, -0.05) is 18.5 Å². The van der Waals surface area contributed by atoms with Gasteiger partial charge in [-0.2, -0.15) is 0 Å². The maximum atomic E-state index is 11.5. The zero-order chi connectivity index (χ0) is 13.6. The molecule has 2 unspecified atom stereocenters. The number of nitrogens with one attached hydrogen (secondary N) is 1. The second-order valence-corrected chi connectivity index (χ2v) is 5.88. The Morgan fingerprint density at radius 2 is 2.26 bits per heavy atom. The summed E-state index contributed by atoms with van der Waals surface area (Å²) < 4.78 is 0. The van der Waals surface area contributed by atoms with Crippen LogP contribution in [-0.2, 0) is 4.79 Å². The largest absolute Gasteiger partial charge is 0.378 e. The Hall–Kier alpha value is -1.26. The number of aliphatic hydroxyl groups excluding tert-OH is 1. The van der Waals surface area contributed by atoms with Crippen molar-refractivity contribution in [3.8, 4) is 0 Å². The maximum Gasteiger partial charge on any atom is 0.257 e. The highest BCUT2D eigenvalue weighted by Crippen LogP contribution is 2.39. The van der Waals surface area contributed by atoms with Gasteiger partial charge in [0.15, 0.2) is 6.10 Å². The average molecular weight is 281 g/mol. The van der Waals surface area contributed by atoms with Gasteiger partial charge in [0.1, 0.15) is 0 Å². The van der Waals surface area contributed by atoms with Gasteiger partial charge in [0, 0.05) is 24.3 Å². The Balaban J connectivity index is 1.95. The van der Waals surface area contributed by atoms with Crippen molar-refractivity contribution in [1.82, 2.24) is 0 Å². The van der Waals surface area contributed by atoms with Crippen LogP contribution < -0.4 is 10.2 Å². The summed E-state index contributed by atoms with van der Waals surface area (Å²) >= 11 is 6.31. The van der Waals surface area contributed by atoms with Crippen LogP contribution in [0.3, 0.4) is 0 Å². The van der Waals surface area contributed by atoms with Gasteiger partial charge < -0.3 is 15.3 Å². The minimum atomic E-state index is -1.10. The quantitative estimate of drug-likeness (QED) is 0.831.